The zero-order chi connectivity index (χ0) is 8.81. The number of thioether (sulfide) groups is 1. The second-order valence-electron chi connectivity index (χ2n) is 2.50. The molecule has 0 unspecified atom stereocenters. The summed E-state index contributed by atoms with van der Waals surface area (Å²) in [6.45, 7) is 2.31. The number of aryl methyl sites for hydroxylation is 1. The molecule has 1 N–H and O–H groups in total. The highest BCUT2D eigenvalue weighted by atomic mass is 32.2. The lowest BCUT2D eigenvalue weighted by Gasteiger charge is -1.94. The van der Waals surface area contributed by atoms with Crippen LogP contribution in [0.1, 0.15) is 18.4 Å². The van der Waals surface area contributed by atoms with Crippen molar-refractivity contribution in [1.29, 1.82) is 0 Å². The van der Waals surface area contributed by atoms with Crippen LogP contribution in [-0.2, 0) is 12.2 Å². The molecule has 0 aromatic carbocycles. The van der Waals surface area contributed by atoms with Crippen LogP contribution in [-0.4, -0.2) is 17.5 Å². The molecule has 1 heterocycles. The van der Waals surface area contributed by atoms with E-state index in [-0.39, 0.29) is 6.61 Å². The first kappa shape index (κ1) is 9.68. The highest BCUT2D eigenvalue weighted by Crippen LogP contribution is 2.15. The molecular formula is C9H14O2S. The third-order valence-corrected chi connectivity index (χ3v) is 2.51. The van der Waals surface area contributed by atoms with E-state index in [1.165, 1.54) is 0 Å². The Morgan fingerprint density at radius 1 is 1.42 bits per heavy atom. The number of aliphatic hydroxyl groups is 1. The van der Waals surface area contributed by atoms with Gasteiger partial charge in [-0.3, -0.25) is 0 Å². The summed E-state index contributed by atoms with van der Waals surface area (Å²) in [5.74, 6) is 3.68. The first-order valence-electron chi connectivity index (χ1n) is 4.13. The standard InChI is InChI=1S/C9H14O2S/c1-2-8-3-4-9(11-8)7-12-6-5-10/h3-4,10H,2,5-7H2,1H3. The first-order chi connectivity index (χ1) is 5.86. The van der Waals surface area contributed by atoms with Gasteiger partial charge in [-0.05, 0) is 12.1 Å². The van der Waals surface area contributed by atoms with Crippen LogP contribution >= 0.6 is 11.8 Å². The summed E-state index contributed by atoms with van der Waals surface area (Å²) in [4.78, 5) is 0. The van der Waals surface area contributed by atoms with Crippen molar-refractivity contribution in [2.45, 2.75) is 19.1 Å². The van der Waals surface area contributed by atoms with Crippen molar-refractivity contribution in [3.05, 3.63) is 23.7 Å². The van der Waals surface area contributed by atoms with Gasteiger partial charge >= 0.3 is 0 Å². The zero-order valence-electron chi connectivity index (χ0n) is 7.25. The molecule has 0 aliphatic rings. The Balaban J connectivity index is 2.31. The Morgan fingerprint density at radius 3 is 2.75 bits per heavy atom. The van der Waals surface area contributed by atoms with Crippen molar-refractivity contribution in [3.8, 4) is 0 Å². The molecule has 0 saturated heterocycles. The number of aliphatic hydroxyl groups excluding tert-OH is 1. The van der Waals surface area contributed by atoms with Crippen molar-refractivity contribution in [1.82, 2.24) is 0 Å². The minimum atomic E-state index is 0.242. The van der Waals surface area contributed by atoms with E-state index in [1.807, 2.05) is 12.1 Å². The second-order valence-corrected chi connectivity index (χ2v) is 3.60. The zero-order valence-corrected chi connectivity index (χ0v) is 8.06. The van der Waals surface area contributed by atoms with Gasteiger partial charge in [0.15, 0.2) is 0 Å². The van der Waals surface area contributed by atoms with Crippen LogP contribution in [0.3, 0.4) is 0 Å². The van der Waals surface area contributed by atoms with Gasteiger partial charge in [0.1, 0.15) is 11.5 Å². The molecule has 68 valence electrons. The van der Waals surface area contributed by atoms with Crippen molar-refractivity contribution in [3.63, 3.8) is 0 Å². The average Bonchev–Trinajstić information content (AvgIpc) is 2.53. The van der Waals surface area contributed by atoms with Crippen LogP contribution in [0.15, 0.2) is 16.5 Å². The molecule has 0 atom stereocenters. The first-order valence-corrected chi connectivity index (χ1v) is 5.28. The van der Waals surface area contributed by atoms with E-state index in [0.29, 0.717) is 0 Å². The molecule has 0 aliphatic heterocycles. The van der Waals surface area contributed by atoms with E-state index in [2.05, 4.69) is 6.92 Å². The lowest BCUT2D eigenvalue weighted by atomic mass is 10.4. The van der Waals surface area contributed by atoms with Gasteiger partial charge in [0.2, 0.25) is 0 Å². The van der Waals surface area contributed by atoms with Gasteiger partial charge in [-0.15, -0.1) is 0 Å². The summed E-state index contributed by atoms with van der Waals surface area (Å²) in [6.07, 6.45) is 0.949. The average molecular weight is 186 g/mol. The maximum Gasteiger partial charge on any atom is 0.114 e. The van der Waals surface area contributed by atoms with Crippen LogP contribution in [0, 0.1) is 0 Å². The maximum absolute atomic E-state index is 8.54. The van der Waals surface area contributed by atoms with Crippen molar-refractivity contribution < 1.29 is 9.52 Å². The van der Waals surface area contributed by atoms with E-state index >= 15 is 0 Å². The fraction of sp³-hybridized carbons (Fsp3) is 0.556. The molecule has 0 bridgehead atoms. The molecular weight excluding hydrogens is 172 g/mol. The molecule has 0 aliphatic carbocycles. The molecule has 0 saturated carbocycles. The Kier molecular flexibility index (Phi) is 4.25. The summed E-state index contributed by atoms with van der Waals surface area (Å²) in [6, 6.07) is 4.01. The largest absolute Gasteiger partial charge is 0.465 e. The Hall–Kier alpha value is -0.410. The molecule has 0 amide bonds. The molecule has 12 heavy (non-hydrogen) atoms. The minimum absolute atomic E-state index is 0.242. The van der Waals surface area contributed by atoms with E-state index in [0.717, 1.165) is 29.4 Å². The van der Waals surface area contributed by atoms with Gasteiger partial charge in [0.05, 0.1) is 12.4 Å². The second kappa shape index (κ2) is 5.27. The van der Waals surface area contributed by atoms with E-state index < -0.39 is 0 Å². The van der Waals surface area contributed by atoms with Gasteiger partial charge in [-0.25, -0.2) is 0 Å². The summed E-state index contributed by atoms with van der Waals surface area (Å²) in [5, 5.41) is 8.54. The Bertz CT molecular complexity index is 220. The van der Waals surface area contributed by atoms with Crippen LogP contribution in [0.25, 0.3) is 0 Å². The summed E-state index contributed by atoms with van der Waals surface area (Å²) < 4.78 is 5.48. The third kappa shape index (κ3) is 2.91. The lowest BCUT2D eigenvalue weighted by Crippen LogP contribution is -1.86. The van der Waals surface area contributed by atoms with Crippen molar-refractivity contribution in [2.75, 3.05) is 12.4 Å². The maximum atomic E-state index is 8.54. The molecule has 2 nitrogen and oxygen atoms in total. The predicted molar refractivity (Wildman–Crippen MR) is 51.3 cm³/mol. The molecule has 1 aromatic rings. The Morgan fingerprint density at radius 2 is 2.17 bits per heavy atom. The minimum Gasteiger partial charge on any atom is -0.465 e. The number of rotatable bonds is 5. The predicted octanol–water partition coefficient (Wildman–Crippen LogP) is 2.07. The monoisotopic (exact) mass is 186 g/mol. The Labute approximate surface area is 77.0 Å². The number of furan rings is 1. The molecule has 0 radical (unpaired) electrons. The van der Waals surface area contributed by atoms with Gasteiger partial charge in [-0.1, -0.05) is 6.92 Å². The quantitative estimate of drug-likeness (QED) is 0.715. The molecule has 0 spiro atoms. The van der Waals surface area contributed by atoms with Crippen LogP contribution in [0.5, 0.6) is 0 Å². The third-order valence-electron chi connectivity index (χ3n) is 1.55. The molecule has 1 aromatic heterocycles. The van der Waals surface area contributed by atoms with Crippen LogP contribution in [0.2, 0.25) is 0 Å². The fourth-order valence-electron chi connectivity index (χ4n) is 0.927. The summed E-state index contributed by atoms with van der Waals surface area (Å²) in [5.41, 5.74) is 0. The SMILES string of the molecule is CCc1ccc(CSCCO)o1. The fourth-order valence-corrected chi connectivity index (χ4v) is 1.56. The van der Waals surface area contributed by atoms with E-state index in [9.17, 15) is 0 Å². The molecule has 1 rings (SSSR count). The van der Waals surface area contributed by atoms with Gasteiger partial charge in [0.25, 0.3) is 0 Å². The summed E-state index contributed by atoms with van der Waals surface area (Å²) >= 11 is 1.69. The van der Waals surface area contributed by atoms with Crippen molar-refractivity contribution in [2.24, 2.45) is 0 Å². The van der Waals surface area contributed by atoms with Gasteiger partial charge in [-0.2, -0.15) is 11.8 Å². The van der Waals surface area contributed by atoms with E-state index in [1.54, 1.807) is 11.8 Å². The normalized spacial score (nSPS) is 10.5. The highest BCUT2D eigenvalue weighted by molar-refractivity contribution is 7.98. The molecule has 0 fully saturated rings. The molecule has 3 heteroatoms. The highest BCUT2D eigenvalue weighted by Gasteiger charge is 1.99. The van der Waals surface area contributed by atoms with Gasteiger partial charge < -0.3 is 9.52 Å². The van der Waals surface area contributed by atoms with E-state index in [4.69, 9.17) is 9.52 Å². The summed E-state index contributed by atoms with van der Waals surface area (Å²) in [7, 11) is 0. The number of hydrogen-bond acceptors (Lipinski definition) is 3. The number of hydrogen-bond donors (Lipinski definition) is 1. The van der Waals surface area contributed by atoms with Crippen LogP contribution < -0.4 is 0 Å². The van der Waals surface area contributed by atoms with Crippen LogP contribution in [0.4, 0.5) is 0 Å². The smallest absolute Gasteiger partial charge is 0.114 e. The van der Waals surface area contributed by atoms with Gasteiger partial charge in [0, 0.05) is 12.2 Å². The topological polar surface area (TPSA) is 33.4 Å². The van der Waals surface area contributed by atoms with Crippen molar-refractivity contribution >= 4 is 11.8 Å². The lowest BCUT2D eigenvalue weighted by molar-refractivity contribution is 0.322.